The van der Waals surface area contributed by atoms with E-state index in [1.165, 1.54) is 25.4 Å². The SMILES string of the molecule is CC(C)CNC(=O)CN(C)S(=O)(=O)c1ccc(Cl)nc1. The van der Waals surface area contributed by atoms with E-state index >= 15 is 0 Å². The lowest BCUT2D eigenvalue weighted by Gasteiger charge is -2.17. The highest BCUT2D eigenvalue weighted by Crippen LogP contribution is 2.14. The molecule has 0 bridgehead atoms. The molecular formula is C12H18ClN3O3S. The van der Waals surface area contributed by atoms with E-state index in [0.29, 0.717) is 12.5 Å². The smallest absolute Gasteiger partial charge is 0.244 e. The van der Waals surface area contributed by atoms with Gasteiger partial charge in [-0.3, -0.25) is 4.79 Å². The maximum Gasteiger partial charge on any atom is 0.244 e. The minimum atomic E-state index is -3.74. The Labute approximate surface area is 124 Å². The van der Waals surface area contributed by atoms with Crippen LogP contribution in [-0.2, 0) is 14.8 Å². The van der Waals surface area contributed by atoms with E-state index in [-0.39, 0.29) is 22.5 Å². The van der Waals surface area contributed by atoms with Crippen LogP contribution in [0.1, 0.15) is 13.8 Å². The Hall–Kier alpha value is -1.18. The average Bonchev–Trinajstić information content (AvgIpc) is 2.36. The first-order valence-electron chi connectivity index (χ1n) is 6.08. The van der Waals surface area contributed by atoms with Crippen molar-refractivity contribution >= 4 is 27.5 Å². The highest BCUT2D eigenvalue weighted by Gasteiger charge is 2.23. The second kappa shape index (κ2) is 7.01. The average molecular weight is 320 g/mol. The molecule has 112 valence electrons. The summed E-state index contributed by atoms with van der Waals surface area (Å²) in [6.45, 7) is 4.19. The van der Waals surface area contributed by atoms with Crippen molar-refractivity contribution in [1.82, 2.24) is 14.6 Å². The monoisotopic (exact) mass is 319 g/mol. The van der Waals surface area contributed by atoms with Gasteiger partial charge in [-0.25, -0.2) is 13.4 Å². The summed E-state index contributed by atoms with van der Waals surface area (Å²) in [5.74, 6) is -0.0342. The lowest BCUT2D eigenvalue weighted by atomic mass is 10.2. The first-order chi connectivity index (χ1) is 9.23. The van der Waals surface area contributed by atoms with E-state index < -0.39 is 10.0 Å². The molecule has 1 amide bonds. The third-order valence-corrected chi connectivity index (χ3v) is 4.49. The van der Waals surface area contributed by atoms with Crippen LogP contribution < -0.4 is 5.32 Å². The normalized spacial score (nSPS) is 11.9. The van der Waals surface area contributed by atoms with Gasteiger partial charge in [-0.05, 0) is 18.1 Å². The highest BCUT2D eigenvalue weighted by molar-refractivity contribution is 7.89. The zero-order chi connectivity index (χ0) is 15.3. The standard InChI is InChI=1S/C12H18ClN3O3S/c1-9(2)6-15-12(17)8-16(3)20(18,19)10-4-5-11(13)14-7-10/h4-5,7,9H,6,8H2,1-3H3,(H,15,17). The number of nitrogens with zero attached hydrogens (tertiary/aromatic N) is 2. The van der Waals surface area contributed by atoms with Gasteiger partial charge in [-0.15, -0.1) is 0 Å². The molecule has 0 radical (unpaired) electrons. The maximum absolute atomic E-state index is 12.2. The summed E-state index contributed by atoms with van der Waals surface area (Å²) in [6, 6.07) is 2.74. The third kappa shape index (κ3) is 4.73. The molecule has 0 aliphatic carbocycles. The van der Waals surface area contributed by atoms with Crippen molar-refractivity contribution < 1.29 is 13.2 Å². The number of halogens is 1. The van der Waals surface area contributed by atoms with Crippen molar-refractivity contribution in [2.45, 2.75) is 18.7 Å². The van der Waals surface area contributed by atoms with Gasteiger partial charge in [-0.1, -0.05) is 25.4 Å². The number of hydrogen-bond donors (Lipinski definition) is 1. The third-order valence-electron chi connectivity index (χ3n) is 2.48. The van der Waals surface area contributed by atoms with E-state index in [0.717, 1.165) is 4.31 Å². The molecule has 0 unspecified atom stereocenters. The summed E-state index contributed by atoms with van der Waals surface area (Å²) in [6.07, 6.45) is 1.17. The molecule has 6 nitrogen and oxygen atoms in total. The lowest BCUT2D eigenvalue weighted by molar-refractivity contribution is -0.121. The molecule has 1 aromatic rings. The number of nitrogens with one attached hydrogen (secondary N) is 1. The molecule has 0 aliphatic heterocycles. The van der Waals surface area contributed by atoms with E-state index in [2.05, 4.69) is 10.3 Å². The van der Waals surface area contributed by atoms with Crippen molar-refractivity contribution in [3.05, 3.63) is 23.5 Å². The number of sulfonamides is 1. The van der Waals surface area contributed by atoms with Gasteiger partial charge in [0.15, 0.2) is 0 Å². The molecule has 1 rings (SSSR count). The largest absolute Gasteiger partial charge is 0.355 e. The van der Waals surface area contributed by atoms with E-state index in [1.807, 2.05) is 13.8 Å². The van der Waals surface area contributed by atoms with Gasteiger partial charge < -0.3 is 5.32 Å². The van der Waals surface area contributed by atoms with Crippen LogP contribution in [0, 0.1) is 5.92 Å². The molecule has 1 N–H and O–H groups in total. The lowest BCUT2D eigenvalue weighted by Crippen LogP contribution is -2.39. The Balaban J connectivity index is 2.72. The van der Waals surface area contributed by atoms with Crippen LogP contribution in [0.25, 0.3) is 0 Å². The van der Waals surface area contributed by atoms with Gasteiger partial charge in [0, 0.05) is 19.8 Å². The number of carbonyl (C=O) groups excluding carboxylic acids is 1. The van der Waals surface area contributed by atoms with Crippen LogP contribution >= 0.6 is 11.6 Å². The Bertz CT molecular complexity index is 558. The predicted octanol–water partition coefficient (Wildman–Crippen LogP) is 1.13. The van der Waals surface area contributed by atoms with Crippen molar-refractivity contribution in [1.29, 1.82) is 0 Å². The van der Waals surface area contributed by atoms with Gasteiger partial charge >= 0.3 is 0 Å². The molecule has 0 atom stereocenters. The van der Waals surface area contributed by atoms with Gasteiger partial charge in [-0.2, -0.15) is 4.31 Å². The summed E-state index contributed by atoms with van der Waals surface area (Å²) in [5.41, 5.74) is 0. The van der Waals surface area contributed by atoms with E-state index in [9.17, 15) is 13.2 Å². The van der Waals surface area contributed by atoms with Crippen molar-refractivity contribution in [2.24, 2.45) is 5.92 Å². The topological polar surface area (TPSA) is 79.4 Å². The zero-order valence-corrected chi connectivity index (χ0v) is 13.2. The molecule has 8 heteroatoms. The summed E-state index contributed by atoms with van der Waals surface area (Å²) in [4.78, 5) is 15.4. The molecule has 0 aliphatic rings. The summed E-state index contributed by atoms with van der Waals surface area (Å²) in [7, 11) is -2.39. The maximum atomic E-state index is 12.2. The van der Waals surface area contributed by atoms with Gasteiger partial charge in [0.2, 0.25) is 15.9 Å². The second-order valence-corrected chi connectivity index (χ2v) is 7.21. The fourth-order valence-electron chi connectivity index (χ4n) is 1.36. The zero-order valence-electron chi connectivity index (χ0n) is 11.6. The van der Waals surface area contributed by atoms with Crippen LogP contribution in [0.3, 0.4) is 0 Å². The van der Waals surface area contributed by atoms with Crippen LogP contribution in [0.5, 0.6) is 0 Å². The fraction of sp³-hybridized carbons (Fsp3) is 0.500. The number of likely N-dealkylation sites (N-methyl/N-ethyl adjacent to an activating group) is 1. The summed E-state index contributed by atoms with van der Waals surface area (Å²) < 4.78 is 25.3. The molecule has 1 heterocycles. The molecular weight excluding hydrogens is 302 g/mol. The van der Waals surface area contributed by atoms with Crippen LogP contribution in [0.15, 0.2) is 23.2 Å². The molecule has 0 aromatic carbocycles. The van der Waals surface area contributed by atoms with Crippen molar-refractivity contribution in [3.8, 4) is 0 Å². The number of carbonyl (C=O) groups is 1. The molecule has 1 aromatic heterocycles. The second-order valence-electron chi connectivity index (χ2n) is 4.78. The van der Waals surface area contributed by atoms with Crippen molar-refractivity contribution in [3.63, 3.8) is 0 Å². The Kier molecular flexibility index (Phi) is 5.91. The van der Waals surface area contributed by atoms with Gasteiger partial charge in [0.1, 0.15) is 10.0 Å². The first-order valence-corrected chi connectivity index (χ1v) is 7.90. The number of aromatic nitrogens is 1. The predicted molar refractivity (Wildman–Crippen MR) is 76.9 cm³/mol. The number of amides is 1. The number of rotatable bonds is 6. The molecule has 0 fully saturated rings. The van der Waals surface area contributed by atoms with Crippen LogP contribution in [-0.4, -0.2) is 43.8 Å². The van der Waals surface area contributed by atoms with Crippen molar-refractivity contribution in [2.75, 3.05) is 20.1 Å². The first kappa shape index (κ1) is 16.9. The Morgan fingerprint density at radius 3 is 2.60 bits per heavy atom. The Morgan fingerprint density at radius 1 is 1.45 bits per heavy atom. The molecule has 20 heavy (non-hydrogen) atoms. The fourth-order valence-corrected chi connectivity index (χ4v) is 2.54. The van der Waals surface area contributed by atoms with E-state index in [4.69, 9.17) is 11.6 Å². The van der Waals surface area contributed by atoms with Crippen LogP contribution in [0.4, 0.5) is 0 Å². The number of hydrogen-bond acceptors (Lipinski definition) is 4. The van der Waals surface area contributed by atoms with Gasteiger partial charge in [0.05, 0.1) is 6.54 Å². The summed E-state index contributed by atoms with van der Waals surface area (Å²) in [5, 5.41) is 2.87. The van der Waals surface area contributed by atoms with Gasteiger partial charge in [0.25, 0.3) is 0 Å². The van der Waals surface area contributed by atoms with E-state index in [1.54, 1.807) is 0 Å². The minimum absolute atomic E-state index is 0.000981. The molecule has 0 spiro atoms. The Morgan fingerprint density at radius 2 is 2.10 bits per heavy atom. The minimum Gasteiger partial charge on any atom is -0.355 e. The highest BCUT2D eigenvalue weighted by atomic mass is 35.5. The number of pyridine rings is 1. The molecule has 0 saturated carbocycles. The van der Waals surface area contributed by atoms with Crippen LogP contribution in [0.2, 0.25) is 5.15 Å². The molecule has 0 saturated heterocycles. The quantitative estimate of drug-likeness (QED) is 0.797. The summed E-state index contributed by atoms with van der Waals surface area (Å²) >= 11 is 5.61.